The SMILES string of the molecule is CCOP(=O)(OCC(F)(F)C(F)F)c1ccccc1. The van der Waals surface area contributed by atoms with Crippen molar-refractivity contribution in [2.24, 2.45) is 0 Å². The molecule has 0 aromatic heterocycles. The van der Waals surface area contributed by atoms with Crippen LogP contribution < -0.4 is 5.30 Å². The van der Waals surface area contributed by atoms with Gasteiger partial charge in [0.2, 0.25) is 0 Å². The molecule has 1 atom stereocenters. The predicted molar refractivity (Wildman–Crippen MR) is 62.2 cm³/mol. The molecule has 0 bridgehead atoms. The van der Waals surface area contributed by atoms with Gasteiger partial charge >= 0.3 is 19.9 Å². The number of halogens is 4. The first-order valence-electron chi connectivity index (χ1n) is 5.42. The third-order valence-electron chi connectivity index (χ3n) is 2.12. The van der Waals surface area contributed by atoms with Gasteiger partial charge in [-0.15, -0.1) is 0 Å². The third kappa shape index (κ3) is 4.30. The van der Waals surface area contributed by atoms with Crippen LogP contribution in [0.2, 0.25) is 0 Å². The smallest absolute Gasteiger partial charge is 0.305 e. The molecule has 19 heavy (non-hydrogen) atoms. The highest BCUT2D eigenvalue weighted by Crippen LogP contribution is 2.48. The van der Waals surface area contributed by atoms with Crippen molar-refractivity contribution < 1.29 is 31.2 Å². The second-order valence-electron chi connectivity index (χ2n) is 3.59. The summed E-state index contributed by atoms with van der Waals surface area (Å²) in [7, 11) is -4.02. The molecule has 3 nitrogen and oxygen atoms in total. The number of rotatable bonds is 7. The molecule has 8 heteroatoms. The lowest BCUT2D eigenvalue weighted by Crippen LogP contribution is -2.32. The van der Waals surface area contributed by atoms with Crippen molar-refractivity contribution in [2.75, 3.05) is 13.2 Å². The van der Waals surface area contributed by atoms with Crippen LogP contribution in [0.4, 0.5) is 17.6 Å². The zero-order valence-electron chi connectivity index (χ0n) is 10.1. The Balaban J connectivity index is 2.87. The summed E-state index contributed by atoms with van der Waals surface area (Å²) in [5.41, 5.74) is 0. The molecule has 0 aliphatic rings. The molecule has 1 unspecified atom stereocenters. The number of hydrogen-bond donors (Lipinski definition) is 0. The van der Waals surface area contributed by atoms with E-state index in [2.05, 4.69) is 4.52 Å². The van der Waals surface area contributed by atoms with E-state index in [0.717, 1.165) is 0 Å². The Kier molecular flexibility index (Phi) is 5.52. The molecule has 0 saturated carbocycles. The summed E-state index contributed by atoms with van der Waals surface area (Å²) in [6.07, 6.45) is -3.89. The summed E-state index contributed by atoms with van der Waals surface area (Å²) in [6.45, 7) is -0.243. The van der Waals surface area contributed by atoms with E-state index < -0.39 is 26.6 Å². The summed E-state index contributed by atoms with van der Waals surface area (Å²) in [6, 6.07) is 7.35. The molecule has 0 saturated heterocycles. The molecular formula is C11H13F4O3P. The Morgan fingerprint density at radius 3 is 2.26 bits per heavy atom. The largest absolute Gasteiger partial charge is 0.361 e. The van der Waals surface area contributed by atoms with E-state index in [1.165, 1.54) is 31.2 Å². The van der Waals surface area contributed by atoms with Crippen LogP contribution in [0.15, 0.2) is 30.3 Å². The fraction of sp³-hybridized carbons (Fsp3) is 0.455. The molecule has 108 valence electrons. The molecule has 0 aliphatic heterocycles. The minimum Gasteiger partial charge on any atom is -0.305 e. The normalized spacial score (nSPS) is 15.5. The lowest BCUT2D eigenvalue weighted by atomic mass is 10.4. The van der Waals surface area contributed by atoms with E-state index in [4.69, 9.17) is 4.52 Å². The molecule has 0 aliphatic carbocycles. The van der Waals surface area contributed by atoms with Crippen LogP contribution in [0.5, 0.6) is 0 Å². The molecule has 1 aromatic rings. The van der Waals surface area contributed by atoms with Crippen LogP contribution in [0.3, 0.4) is 0 Å². The molecule has 0 N–H and O–H groups in total. The van der Waals surface area contributed by atoms with Gasteiger partial charge in [0.25, 0.3) is 0 Å². The van der Waals surface area contributed by atoms with Gasteiger partial charge in [-0.25, -0.2) is 8.78 Å². The van der Waals surface area contributed by atoms with E-state index >= 15 is 0 Å². The predicted octanol–water partition coefficient (Wildman–Crippen LogP) is 3.46. The summed E-state index contributed by atoms with van der Waals surface area (Å²) >= 11 is 0. The lowest BCUT2D eigenvalue weighted by Gasteiger charge is -2.21. The topological polar surface area (TPSA) is 35.5 Å². The average Bonchev–Trinajstić information content (AvgIpc) is 2.38. The fourth-order valence-electron chi connectivity index (χ4n) is 1.20. The standard InChI is InChI=1S/C11H13F4O3P/c1-2-17-19(16,9-6-4-3-5-7-9)18-8-11(14,15)10(12)13/h3-7,10H,2,8H2,1H3. The molecule has 1 aromatic carbocycles. The molecule has 0 heterocycles. The third-order valence-corrected chi connectivity index (χ3v) is 4.12. The molecule has 0 radical (unpaired) electrons. The maximum atomic E-state index is 12.8. The number of benzene rings is 1. The van der Waals surface area contributed by atoms with Crippen molar-refractivity contribution in [3.8, 4) is 0 Å². The first kappa shape index (κ1) is 16.1. The van der Waals surface area contributed by atoms with Gasteiger partial charge in [0.1, 0.15) is 6.61 Å². The monoisotopic (exact) mass is 300 g/mol. The van der Waals surface area contributed by atoms with Crippen molar-refractivity contribution in [3.63, 3.8) is 0 Å². The molecule has 0 spiro atoms. The van der Waals surface area contributed by atoms with Crippen molar-refractivity contribution in [2.45, 2.75) is 19.3 Å². The zero-order valence-corrected chi connectivity index (χ0v) is 11.0. The van der Waals surface area contributed by atoms with E-state index in [1.54, 1.807) is 6.07 Å². The van der Waals surface area contributed by atoms with Gasteiger partial charge in [-0.3, -0.25) is 9.09 Å². The van der Waals surface area contributed by atoms with Gasteiger partial charge in [0.05, 0.1) is 11.9 Å². The van der Waals surface area contributed by atoms with Crippen molar-refractivity contribution >= 4 is 12.9 Å². The first-order valence-corrected chi connectivity index (χ1v) is 6.97. The van der Waals surface area contributed by atoms with Gasteiger partial charge in [0, 0.05) is 0 Å². The van der Waals surface area contributed by atoms with Crippen LogP contribution >= 0.6 is 7.60 Å². The Hall–Kier alpha value is -0.910. The van der Waals surface area contributed by atoms with Crippen LogP contribution in [0, 0.1) is 0 Å². The van der Waals surface area contributed by atoms with Crippen LogP contribution in [-0.2, 0) is 13.6 Å². The van der Waals surface area contributed by atoms with Gasteiger partial charge < -0.3 is 4.52 Å². The maximum Gasteiger partial charge on any atom is 0.361 e. The van der Waals surface area contributed by atoms with Crippen molar-refractivity contribution in [1.82, 2.24) is 0 Å². The Bertz CT molecular complexity index is 439. The van der Waals surface area contributed by atoms with Crippen molar-refractivity contribution in [3.05, 3.63) is 30.3 Å². The van der Waals surface area contributed by atoms with Gasteiger partial charge in [-0.05, 0) is 19.1 Å². The number of alkyl halides is 4. The molecule has 1 rings (SSSR count). The summed E-state index contributed by atoms with van der Waals surface area (Å²) in [5, 5.41) is 0.0434. The summed E-state index contributed by atoms with van der Waals surface area (Å²) < 4.78 is 71.2. The van der Waals surface area contributed by atoms with E-state index in [0.29, 0.717) is 0 Å². The van der Waals surface area contributed by atoms with Gasteiger partial charge in [-0.2, -0.15) is 8.78 Å². The summed E-state index contributed by atoms with van der Waals surface area (Å²) in [5.74, 6) is -4.37. The number of hydrogen-bond acceptors (Lipinski definition) is 3. The van der Waals surface area contributed by atoms with E-state index in [1.807, 2.05) is 0 Å². The van der Waals surface area contributed by atoms with E-state index in [-0.39, 0.29) is 11.9 Å². The molecular weight excluding hydrogens is 287 g/mol. The minimum absolute atomic E-state index is 0.0434. The first-order chi connectivity index (χ1) is 8.82. The maximum absolute atomic E-state index is 12.8. The van der Waals surface area contributed by atoms with Crippen LogP contribution in [0.1, 0.15) is 6.92 Å². The second-order valence-corrected chi connectivity index (χ2v) is 5.61. The fourth-order valence-corrected chi connectivity index (χ4v) is 2.79. The second kappa shape index (κ2) is 6.50. The Morgan fingerprint density at radius 1 is 1.21 bits per heavy atom. The van der Waals surface area contributed by atoms with Crippen molar-refractivity contribution in [1.29, 1.82) is 0 Å². The highest BCUT2D eigenvalue weighted by molar-refractivity contribution is 7.62. The lowest BCUT2D eigenvalue weighted by molar-refractivity contribution is -0.149. The minimum atomic E-state index is -4.37. The molecule has 0 amide bonds. The van der Waals surface area contributed by atoms with E-state index in [9.17, 15) is 22.1 Å². The summed E-state index contributed by atoms with van der Waals surface area (Å²) in [4.78, 5) is 0. The zero-order chi connectivity index (χ0) is 14.5. The van der Waals surface area contributed by atoms with Crippen LogP contribution in [0.25, 0.3) is 0 Å². The quantitative estimate of drug-likeness (QED) is 0.571. The average molecular weight is 300 g/mol. The van der Waals surface area contributed by atoms with Crippen LogP contribution in [-0.4, -0.2) is 25.6 Å². The highest BCUT2D eigenvalue weighted by Gasteiger charge is 2.44. The van der Waals surface area contributed by atoms with Gasteiger partial charge in [0.15, 0.2) is 0 Å². The highest BCUT2D eigenvalue weighted by atomic mass is 31.2. The Labute approximate surface area is 108 Å². The Morgan fingerprint density at radius 2 is 1.79 bits per heavy atom. The van der Waals surface area contributed by atoms with Gasteiger partial charge in [-0.1, -0.05) is 18.2 Å². The molecule has 0 fully saturated rings.